The van der Waals surface area contributed by atoms with Crippen molar-refractivity contribution in [2.75, 3.05) is 12.0 Å². The van der Waals surface area contributed by atoms with Gasteiger partial charge < -0.3 is 5.73 Å². The summed E-state index contributed by atoms with van der Waals surface area (Å²) in [6.45, 7) is 1.83. The van der Waals surface area contributed by atoms with Crippen LogP contribution < -0.4 is 5.73 Å². The van der Waals surface area contributed by atoms with Crippen LogP contribution in [0.3, 0.4) is 0 Å². The Morgan fingerprint density at radius 1 is 1.54 bits per heavy atom. The van der Waals surface area contributed by atoms with E-state index < -0.39 is 4.92 Å². The van der Waals surface area contributed by atoms with Crippen LogP contribution >= 0.6 is 11.8 Å². The lowest BCUT2D eigenvalue weighted by Gasteiger charge is -2.03. The zero-order chi connectivity index (χ0) is 10.0. The fourth-order valence-electron chi connectivity index (χ4n) is 1.07. The zero-order valence-electron chi connectivity index (χ0n) is 7.40. The van der Waals surface area contributed by atoms with E-state index in [0.29, 0.717) is 0 Å². The largest absolute Gasteiger partial charge is 0.393 e. The van der Waals surface area contributed by atoms with Crippen molar-refractivity contribution < 1.29 is 4.92 Å². The SMILES string of the molecule is CSc1cc(N)c([N+](=O)[O-])cc1C. The summed E-state index contributed by atoms with van der Waals surface area (Å²) in [6.07, 6.45) is 1.91. The summed E-state index contributed by atoms with van der Waals surface area (Å²) in [5, 5.41) is 10.5. The average Bonchev–Trinajstić information content (AvgIpc) is 2.07. The van der Waals surface area contributed by atoms with Crippen molar-refractivity contribution in [3.8, 4) is 0 Å². The highest BCUT2D eigenvalue weighted by molar-refractivity contribution is 7.98. The topological polar surface area (TPSA) is 69.2 Å². The van der Waals surface area contributed by atoms with Gasteiger partial charge in [-0.15, -0.1) is 11.8 Å². The van der Waals surface area contributed by atoms with Crippen molar-refractivity contribution in [2.24, 2.45) is 0 Å². The molecule has 70 valence electrons. The number of nitrogen functional groups attached to an aromatic ring is 1. The van der Waals surface area contributed by atoms with Gasteiger partial charge in [-0.1, -0.05) is 0 Å². The van der Waals surface area contributed by atoms with E-state index >= 15 is 0 Å². The Labute approximate surface area is 80.3 Å². The van der Waals surface area contributed by atoms with Crippen LogP contribution in [0.25, 0.3) is 0 Å². The van der Waals surface area contributed by atoms with Crippen molar-refractivity contribution in [1.82, 2.24) is 0 Å². The van der Waals surface area contributed by atoms with Gasteiger partial charge in [0.2, 0.25) is 0 Å². The lowest BCUT2D eigenvalue weighted by atomic mass is 10.2. The highest BCUT2D eigenvalue weighted by Crippen LogP contribution is 2.29. The van der Waals surface area contributed by atoms with E-state index in [4.69, 9.17) is 5.73 Å². The molecule has 5 heteroatoms. The third-order valence-corrected chi connectivity index (χ3v) is 2.62. The van der Waals surface area contributed by atoms with Gasteiger partial charge in [0.05, 0.1) is 4.92 Å². The van der Waals surface area contributed by atoms with Gasteiger partial charge in [0, 0.05) is 11.0 Å². The molecule has 0 fully saturated rings. The number of hydrogen-bond acceptors (Lipinski definition) is 4. The van der Waals surface area contributed by atoms with Gasteiger partial charge in [0.25, 0.3) is 5.69 Å². The van der Waals surface area contributed by atoms with Crippen molar-refractivity contribution >= 4 is 23.1 Å². The van der Waals surface area contributed by atoms with Crippen molar-refractivity contribution in [3.63, 3.8) is 0 Å². The molecule has 0 saturated heterocycles. The molecular weight excluding hydrogens is 188 g/mol. The molecule has 0 spiro atoms. The van der Waals surface area contributed by atoms with Crippen molar-refractivity contribution in [1.29, 1.82) is 0 Å². The van der Waals surface area contributed by atoms with Gasteiger partial charge in [-0.3, -0.25) is 10.1 Å². The second-order valence-electron chi connectivity index (χ2n) is 2.64. The van der Waals surface area contributed by atoms with Crippen LogP contribution in [0.15, 0.2) is 17.0 Å². The van der Waals surface area contributed by atoms with E-state index in [9.17, 15) is 10.1 Å². The van der Waals surface area contributed by atoms with Gasteiger partial charge in [-0.05, 0) is 24.8 Å². The monoisotopic (exact) mass is 198 g/mol. The standard InChI is InChI=1S/C8H10N2O2S/c1-5-3-7(10(11)12)6(9)4-8(5)13-2/h3-4H,9H2,1-2H3. The molecule has 0 unspecified atom stereocenters. The number of nitro groups is 1. The number of nitrogens with two attached hydrogens (primary N) is 1. The average molecular weight is 198 g/mol. The predicted molar refractivity (Wildman–Crippen MR) is 54.0 cm³/mol. The van der Waals surface area contributed by atoms with Gasteiger partial charge in [-0.2, -0.15) is 0 Å². The molecule has 0 radical (unpaired) electrons. The summed E-state index contributed by atoms with van der Waals surface area (Å²) < 4.78 is 0. The highest BCUT2D eigenvalue weighted by Gasteiger charge is 2.13. The summed E-state index contributed by atoms with van der Waals surface area (Å²) in [5.41, 5.74) is 6.60. The second-order valence-corrected chi connectivity index (χ2v) is 3.49. The number of aryl methyl sites for hydroxylation is 1. The first-order valence-corrected chi connectivity index (χ1v) is 4.87. The molecule has 0 saturated carbocycles. The highest BCUT2D eigenvalue weighted by atomic mass is 32.2. The van der Waals surface area contributed by atoms with E-state index in [0.717, 1.165) is 10.5 Å². The molecule has 1 aromatic rings. The van der Waals surface area contributed by atoms with E-state index in [2.05, 4.69) is 0 Å². The molecule has 4 nitrogen and oxygen atoms in total. The summed E-state index contributed by atoms with van der Waals surface area (Å²) in [6, 6.07) is 3.14. The fraction of sp³-hybridized carbons (Fsp3) is 0.250. The number of anilines is 1. The quantitative estimate of drug-likeness (QED) is 0.342. The molecule has 0 bridgehead atoms. The number of hydrogen-bond donors (Lipinski definition) is 1. The third-order valence-electron chi connectivity index (χ3n) is 1.74. The first-order valence-electron chi connectivity index (χ1n) is 3.64. The molecule has 0 aliphatic rings. The van der Waals surface area contributed by atoms with Crippen LogP contribution in [0.5, 0.6) is 0 Å². The molecule has 0 amide bonds. The maximum absolute atomic E-state index is 10.5. The smallest absolute Gasteiger partial charge is 0.292 e. The van der Waals surface area contributed by atoms with Crippen LogP contribution in [-0.4, -0.2) is 11.2 Å². The molecule has 0 aliphatic heterocycles. The number of thioether (sulfide) groups is 1. The lowest BCUT2D eigenvalue weighted by molar-refractivity contribution is -0.384. The number of nitro benzene ring substituents is 1. The maximum atomic E-state index is 10.5. The van der Waals surface area contributed by atoms with Gasteiger partial charge in [-0.25, -0.2) is 0 Å². The minimum absolute atomic E-state index is 0.0182. The molecule has 1 rings (SSSR count). The fourth-order valence-corrected chi connectivity index (χ4v) is 1.69. The van der Waals surface area contributed by atoms with Gasteiger partial charge in [0.15, 0.2) is 0 Å². The van der Waals surface area contributed by atoms with E-state index in [1.807, 2.05) is 13.2 Å². The number of benzene rings is 1. The molecule has 0 aliphatic carbocycles. The normalized spacial score (nSPS) is 10.0. The Morgan fingerprint density at radius 3 is 2.62 bits per heavy atom. The molecule has 13 heavy (non-hydrogen) atoms. The summed E-state index contributed by atoms with van der Waals surface area (Å²) in [4.78, 5) is 11.0. The van der Waals surface area contributed by atoms with Gasteiger partial charge >= 0.3 is 0 Å². The molecule has 1 aromatic carbocycles. The molecule has 0 heterocycles. The summed E-state index contributed by atoms with van der Waals surface area (Å²) in [7, 11) is 0. The van der Waals surface area contributed by atoms with Gasteiger partial charge in [0.1, 0.15) is 5.69 Å². The minimum atomic E-state index is -0.466. The Hall–Kier alpha value is -1.23. The van der Waals surface area contributed by atoms with E-state index in [-0.39, 0.29) is 11.4 Å². The maximum Gasteiger partial charge on any atom is 0.292 e. The third kappa shape index (κ3) is 1.92. The summed E-state index contributed by atoms with van der Waals surface area (Å²) in [5.74, 6) is 0. The Balaban J connectivity index is 3.28. The predicted octanol–water partition coefficient (Wildman–Crippen LogP) is 2.21. The molecule has 0 aromatic heterocycles. The van der Waals surface area contributed by atoms with Crippen LogP contribution in [-0.2, 0) is 0 Å². The molecule has 0 atom stereocenters. The summed E-state index contributed by atoms with van der Waals surface area (Å²) >= 11 is 1.53. The molecular formula is C8H10N2O2S. The minimum Gasteiger partial charge on any atom is -0.393 e. The van der Waals surface area contributed by atoms with Crippen LogP contribution in [0.2, 0.25) is 0 Å². The first-order chi connectivity index (χ1) is 6.06. The Morgan fingerprint density at radius 2 is 2.15 bits per heavy atom. The van der Waals surface area contributed by atoms with Crippen LogP contribution in [0.1, 0.15) is 5.56 Å². The molecule has 2 N–H and O–H groups in total. The number of rotatable bonds is 2. The first kappa shape index (κ1) is 9.85. The van der Waals surface area contributed by atoms with E-state index in [1.54, 1.807) is 6.07 Å². The Bertz CT molecular complexity index is 352. The Kier molecular flexibility index (Phi) is 2.77. The van der Waals surface area contributed by atoms with Crippen LogP contribution in [0.4, 0.5) is 11.4 Å². The zero-order valence-corrected chi connectivity index (χ0v) is 8.22. The van der Waals surface area contributed by atoms with E-state index in [1.165, 1.54) is 17.8 Å². The number of nitrogens with zero attached hydrogens (tertiary/aromatic N) is 1. The van der Waals surface area contributed by atoms with Crippen molar-refractivity contribution in [2.45, 2.75) is 11.8 Å². The second kappa shape index (κ2) is 3.66. The lowest BCUT2D eigenvalue weighted by Crippen LogP contribution is -1.96. The van der Waals surface area contributed by atoms with Crippen molar-refractivity contribution in [3.05, 3.63) is 27.8 Å². The van der Waals surface area contributed by atoms with Crippen LogP contribution in [0, 0.1) is 17.0 Å².